The van der Waals surface area contributed by atoms with E-state index in [9.17, 15) is 4.79 Å². The van der Waals surface area contributed by atoms with Gasteiger partial charge >= 0.3 is 0 Å². The summed E-state index contributed by atoms with van der Waals surface area (Å²) in [6.07, 6.45) is 2.50. The van der Waals surface area contributed by atoms with Crippen molar-refractivity contribution in [2.45, 2.75) is 39.7 Å². The van der Waals surface area contributed by atoms with Crippen molar-refractivity contribution >= 4 is 5.91 Å². The summed E-state index contributed by atoms with van der Waals surface area (Å²) in [5.74, 6) is 1.99. The van der Waals surface area contributed by atoms with Gasteiger partial charge in [-0.15, -0.1) is 0 Å². The van der Waals surface area contributed by atoms with Gasteiger partial charge in [-0.05, 0) is 48.6 Å². The van der Waals surface area contributed by atoms with Crippen molar-refractivity contribution in [3.05, 3.63) is 59.7 Å². The summed E-state index contributed by atoms with van der Waals surface area (Å²) < 4.78 is 10.7. The summed E-state index contributed by atoms with van der Waals surface area (Å²) in [5.41, 5.74) is 2.23. The van der Waals surface area contributed by atoms with E-state index in [2.05, 4.69) is 19.9 Å². The molecule has 0 saturated heterocycles. The average Bonchev–Trinajstić information content (AvgIpc) is 2.72. The number of methoxy groups -OCH3 is 2. The van der Waals surface area contributed by atoms with Crippen LogP contribution in [0, 0.1) is 5.92 Å². The van der Waals surface area contributed by atoms with Crippen LogP contribution in [0.4, 0.5) is 0 Å². The molecule has 0 fully saturated rings. The van der Waals surface area contributed by atoms with Crippen LogP contribution in [0.5, 0.6) is 11.5 Å². The van der Waals surface area contributed by atoms with Crippen molar-refractivity contribution in [3.8, 4) is 11.5 Å². The summed E-state index contributed by atoms with van der Waals surface area (Å²) in [5, 5.41) is 0. The van der Waals surface area contributed by atoms with Crippen LogP contribution < -0.4 is 9.47 Å². The second-order valence-electron chi connectivity index (χ2n) is 6.68. The molecule has 146 valence electrons. The van der Waals surface area contributed by atoms with E-state index in [4.69, 9.17) is 9.47 Å². The fourth-order valence-corrected chi connectivity index (χ4v) is 3.28. The van der Waals surface area contributed by atoms with Crippen molar-refractivity contribution in [1.82, 2.24) is 4.90 Å². The lowest BCUT2D eigenvalue weighted by Gasteiger charge is -2.27. The predicted octanol–water partition coefficient (Wildman–Crippen LogP) is 4.71. The smallest absolute Gasteiger partial charge is 0.225 e. The largest absolute Gasteiger partial charge is 0.497 e. The molecule has 2 aromatic rings. The molecule has 4 nitrogen and oxygen atoms in total. The van der Waals surface area contributed by atoms with Crippen LogP contribution in [0.3, 0.4) is 0 Å². The number of amides is 1. The van der Waals surface area contributed by atoms with Crippen LogP contribution in [0.2, 0.25) is 0 Å². The molecule has 2 rings (SSSR count). The lowest BCUT2D eigenvalue weighted by atomic mass is 10.0. The standard InChI is InChI=1S/C23H31NO3/c1-5-19(6-2)23(25)24(17-18-11-13-21(26-3)14-12-18)16-15-20-9-7-8-10-22(20)27-4/h7-14,19H,5-6,15-17H2,1-4H3. The highest BCUT2D eigenvalue weighted by molar-refractivity contribution is 5.78. The minimum Gasteiger partial charge on any atom is -0.497 e. The minimum atomic E-state index is 0.0703. The second kappa shape index (κ2) is 10.6. The first-order valence-corrected chi connectivity index (χ1v) is 9.66. The third kappa shape index (κ3) is 5.75. The molecule has 0 aliphatic heterocycles. The molecule has 0 radical (unpaired) electrons. The topological polar surface area (TPSA) is 38.8 Å². The molecule has 0 aliphatic rings. The number of benzene rings is 2. The van der Waals surface area contributed by atoms with Gasteiger partial charge in [0.15, 0.2) is 0 Å². The summed E-state index contributed by atoms with van der Waals surface area (Å²) >= 11 is 0. The molecule has 0 saturated carbocycles. The fourth-order valence-electron chi connectivity index (χ4n) is 3.28. The first-order chi connectivity index (χ1) is 13.1. The Labute approximate surface area is 163 Å². The Balaban J connectivity index is 2.16. The second-order valence-corrected chi connectivity index (χ2v) is 6.68. The number of para-hydroxylation sites is 1. The Morgan fingerprint density at radius 3 is 2.22 bits per heavy atom. The van der Waals surface area contributed by atoms with E-state index < -0.39 is 0 Å². The van der Waals surface area contributed by atoms with Gasteiger partial charge in [0.25, 0.3) is 0 Å². The van der Waals surface area contributed by atoms with E-state index >= 15 is 0 Å². The van der Waals surface area contributed by atoms with Gasteiger partial charge in [0.05, 0.1) is 14.2 Å². The maximum absolute atomic E-state index is 13.1. The molecule has 27 heavy (non-hydrogen) atoms. The van der Waals surface area contributed by atoms with Gasteiger partial charge in [0.2, 0.25) is 5.91 Å². The monoisotopic (exact) mass is 369 g/mol. The van der Waals surface area contributed by atoms with Crippen molar-refractivity contribution < 1.29 is 14.3 Å². The number of hydrogen-bond acceptors (Lipinski definition) is 3. The van der Waals surface area contributed by atoms with Gasteiger partial charge in [-0.25, -0.2) is 0 Å². The molecule has 4 heteroatoms. The van der Waals surface area contributed by atoms with Crippen LogP contribution in [-0.2, 0) is 17.8 Å². The molecule has 2 aromatic carbocycles. The normalized spacial score (nSPS) is 10.7. The Hall–Kier alpha value is -2.49. The van der Waals surface area contributed by atoms with E-state index in [0.717, 1.165) is 41.9 Å². The molecule has 0 aromatic heterocycles. The van der Waals surface area contributed by atoms with Crippen molar-refractivity contribution in [2.75, 3.05) is 20.8 Å². The molecule has 0 heterocycles. The fraction of sp³-hybridized carbons (Fsp3) is 0.435. The van der Waals surface area contributed by atoms with Crippen LogP contribution in [-0.4, -0.2) is 31.6 Å². The number of ether oxygens (including phenoxy) is 2. The van der Waals surface area contributed by atoms with Gasteiger partial charge in [0, 0.05) is 19.0 Å². The number of carbonyl (C=O) groups excluding carboxylic acids is 1. The van der Waals surface area contributed by atoms with Crippen molar-refractivity contribution in [1.29, 1.82) is 0 Å². The van der Waals surface area contributed by atoms with Gasteiger partial charge in [-0.1, -0.05) is 44.2 Å². The maximum atomic E-state index is 13.1. The molecule has 0 unspecified atom stereocenters. The molecular formula is C23H31NO3. The summed E-state index contributed by atoms with van der Waals surface area (Å²) in [6.45, 7) is 5.44. The summed E-state index contributed by atoms with van der Waals surface area (Å²) in [7, 11) is 3.34. The third-order valence-corrected chi connectivity index (χ3v) is 5.02. The zero-order valence-corrected chi connectivity index (χ0v) is 16.9. The van der Waals surface area contributed by atoms with Crippen LogP contribution in [0.25, 0.3) is 0 Å². The maximum Gasteiger partial charge on any atom is 0.225 e. The van der Waals surface area contributed by atoms with Crippen LogP contribution in [0.15, 0.2) is 48.5 Å². The number of rotatable bonds is 10. The Bertz CT molecular complexity index is 708. The number of hydrogen-bond donors (Lipinski definition) is 0. The first kappa shape index (κ1) is 20.8. The molecule has 0 bridgehead atoms. The molecule has 0 spiro atoms. The average molecular weight is 370 g/mol. The van der Waals surface area contributed by atoms with Crippen LogP contribution in [0.1, 0.15) is 37.8 Å². The zero-order valence-electron chi connectivity index (χ0n) is 16.9. The van der Waals surface area contributed by atoms with Crippen molar-refractivity contribution in [2.24, 2.45) is 5.92 Å². The quantitative estimate of drug-likeness (QED) is 0.609. The van der Waals surface area contributed by atoms with E-state index in [1.165, 1.54) is 0 Å². The zero-order chi connectivity index (χ0) is 19.6. The van der Waals surface area contributed by atoms with E-state index in [0.29, 0.717) is 13.1 Å². The lowest BCUT2D eigenvalue weighted by molar-refractivity contribution is -0.136. The van der Waals surface area contributed by atoms with Gasteiger partial charge < -0.3 is 14.4 Å². The van der Waals surface area contributed by atoms with Gasteiger partial charge in [-0.3, -0.25) is 4.79 Å². The first-order valence-electron chi connectivity index (χ1n) is 9.66. The SMILES string of the molecule is CCC(CC)C(=O)N(CCc1ccccc1OC)Cc1ccc(OC)cc1. The van der Waals surface area contributed by atoms with Crippen molar-refractivity contribution in [3.63, 3.8) is 0 Å². The predicted molar refractivity (Wildman–Crippen MR) is 109 cm³/mol. The van der Waals surface area contributed by atoms with E-state index in [1.54, 1.807) is 14.2 Å². The number of nitrogens with zero attached hydrogens (tertiary/aromatic N) is 1. The van der Waals surface area contributed by atoms with Crippen LogP contribution >= 0.6 is 0 Å². The lowest BCUT2D eigenvalue weighted by Crippen LogP contribution is -2.37. The highest BCUT2D eigenvalue weighted by Gasteiger charge is 2.22. The minimum absolute atomic E-state index is 0.0703. The highest BCUT2D eigenvalue weighted by atomic mass is 16.5. The Kier molecular flexibility index (Phi) is 8.18. The molecular weight excluding hydrogens is 338 g/mol. The molecule has 0 atom stereocenters. The van der Waals surface area contributed by atoms with E-state index in [-0.39, 0.29) is 11.8 Å². The summed E-state index contributed by atoms with van der Waals surface area (Å²) in [4.78, 5) is 15.1. The van der Waals surface area contributed by atoms with Gasteiger partial charge in [-0.2, -0.15) is 0 Å². The Morgan fingerprint density at radius 2 is 1.63 bits per heavy atom. The molecule has 0 aliphatic carbocycles. The Morgan fingerprint density at radius 1 is 0.963 bits per heavy atom. The number of carbonyl (C=O) groups is 1. The third-order valence-electron chi connectivity index (χ3n) is 5.02. The summed E-state index contributed by atoms with van der Waals surface area (Å²) in [6, 6.07) is 15.9. The molecule has 1 amide bonds. The molecule has 0 N–H and O–H groups in total. The van der Waals surface area contributed by atoms with Gasteiger partial charge in [0.1, 0.15) is 11.5 Å². The highest BCUT2D eigenvalue weighted by Crippen LogP contribution is 2.21. The van der Waals surface area contributed by atoms with E-state index in [1.807, 2.05) is 47.4 Å².